The van der Waals surface area contributed by atoms with Gasteiger partial charge in [-0.05, 0) is 27.7 Å². The average Bonchev–Trinajstić information content (AvgIpc) is 2.79. The number of aromatic nitrogens is 2. The zero-order chi connectivity index (χ0) is 15.8. The molecule has 1 aliphatic rings. The largest absolute Gasteiger partial charge is 0.479 e. The Labute approximate surface area is 123 Å². The molecule has 0 radical (unpaired) electrons. The molecule has 1 aliphatic heterocycles. The van der Waals surface area contributed by atoms with E-state index in [0.29, 0.717) is 12.1 Å². The molecule has 0 aromatic carbocycles. The first-order chi connectivity index (χ1) is 9.71. The number of carboxylic acids is 1. The zero-order valence-corrected chi connectivity index (χ0v) is 12.8. The molecule has 1 atom stereocenters. The quantitative estimate of drug-likeness (QED) is 0.875. The predicted octanol–water partition coefficient (Wildman–Crippen LogP) is 0.872. The molecule has 1 aromatic heterocycles. The zero-order valence-electron chi connectivity index (χ0n) is 12.8. The summed E-state index contributed by atoms with van der Waals surface area (Å²) in [5, 5.41) is 13.3. The third kappa shape index (κ3) is 3.07. The highest BCUT2D eigenvalue weighted by atomic mass is 16.5. The first-order valence-corrected chi connectivity index (χ1v) is 6.90. The van der Waals surface area contributed by atoms with Gasteiger partial charge in [-0.25, -0.2) is 4.79 Å². The number of nitrogens with zero attached hydrogens (tertiary/aromatic N) is 3. The number of carboxylic acid groups (broad SMARTS) is 1. The van der Waals surface area contributed by atoms with Crippen molar-refractivity contribution in [3.63, 3.8) is 0 Å². The Morgan fingerprint density at radius 3 is 2.62 bits per heavy atom. The molecule has 7 heteroatoms. The molecule has 0 saturated carbocycles. The highest BCUT2D eigenvalue weighted by molar-refractivity contribution is 5.95. The summed E-state index contributed by atoms with van der Waals surface area (Å²) in [7, 11) is 0. The number of amides is 1. The van der Waals surface area contributed by atoms with Crippen LogP contribution in [-0.4, -0.2) is 57.5 Å². The molecule has 2 heterocycles. The molecule has 0 aliphatic carbocycles. The molecule has 1 aromatic rings. The lowest BCUT2D eigenvalue weighted by Gasteiger charge is -2.31. The van der Waals surface area contributed by atoms with Crippen molar-refractivity contribution in [3.8, 4) is 0 Å². The minimum atomic E-state index is -1.05. The lowest BCUT2D eigenvalue weighted by atomic mass is 10.1. The Kier molecular flexibility index (Phi) is 4.04. The first kappa shape index (κ1) is 15.5. The molecule has 1 amide bonds. The topological polar surface area (TPSA) is 84.7 Å². The first-order valence-electron chi connectivity index (χ1n) is 6.90. The summed E-state index contributed by atoms with van der Waals surface area (Å²) in [6.07, 6.45) is 0.592. The highest BCUT2D eigenvalue weighted by Gasteiger charge is 2.31. The maximum atomic E-state index is 12.6. The van der Waals surface area contributed by atoms with Crippen LogP contribution >= 0.6 is 0 Å². The van der Waals surface area contributed by atoms with Crippen LogP contribution in [0, 0.1) is 6.92 Å². The van der Waals surface area contributed by atoms with E-state index in [-0.39, 0.29) is 24.6 Å². The van der Waals surface area contributed by atoms with Crippen molar-refractivity contribution >= 4 is 11.9 Å². The summed E-state index contributed by atoms with van der Waals surface area (Å²) in [5.74, 6) is -1.24. The molecule has 21 heavy (non-hydrogen) atoms. The molecule has 0 unspecified atom stereocenters. The van der Waals surface area contributed by atoms with Gasteiger partial charge < -0.3 is 14.7 Å². The van der Waals surface area contributed by atoms with E-state index < -0.39 is 12.1 Å². The smallest absolute Gasteiger partial charge is 0.334 e. The van der Waals surface area contributed by atoms with Gasteiger partial charge in [-0.3, -0.25) is 9.48 Å². The maximum absolute atomic E-state index is 12.6. The molecule has 1 N–H and O–H groups in total. The lowest BCUT2D eigenvalue weighted by Crippen LogP contribution is -2.48. The number of carbonyl (C=O) groups excluding carboxylic acids is 1. The highest BCUT2D eigenvalue weighted by Crippen LogP contribution is 2.20. The fourth-order valence-corrected chi connectivity index (χ4v) is 2.45. The second kappa shape index (κ2) is 5.48. The molecule has 1 saturated heterocycles. The van der Waals surface area contributed by atoms with Crippen LogP contribution in [0.25, 0.3) is 0 Å². The Hall–Kier alpha value is -1.89. The number of carbonyl (C=O) groups is 2. The summed E-state index contributed by atoms with van der Waals surface area (Å²) >= 11 is 0. The monoisotopic (exact) mass is 295 g/mol. The van der Waals surface area contributed by atoms with Crippen molar-refractivity contribution in [1.29, 1.82) is 0 Å². The van der Waals surface area contributed by atoms with Gasteiger partial charge >= 0.3 is 5.97 Å². The van der Waals surface area contributed by atoms with E-state index >= 15 is 0 Å². The van der Waals surface area contributed by atoms with Gasteiger partial charge in [0.05, 0.1) is 30.5 Å². The van der Waals surface area contributed by atoms with Crippen molar-refractivity contribution in [2.24, 2.45) is 0 Å². The van der Waals surface area contributed by atoms with Crippen LogP contribution in [0.3, 0.4) is 0 Å². The summed E-state index contributed by atoms with van der Waals surface area (Å²) in [6.45, 7) is 8.57. The van der Waals surface area contributed by atoms with E-state index in [4.69, 9.17) is 9.84 Å². The predicted molar refractivity (Wildman–Crippen MR) is 75.2 cm³/mol. The van der Waals surface area contributed by atoms with Crippen LogP contribution in [0.1, 0.15) is 36.8 Å². The van der Waals surface area contributed by atoms with Crippen LogP contribution in [0.2, 0.25) is 0 Å². The summed E-state index contributed by atoms with van der Waals surface area (Å²) in [6, 6.07) is 0. The summed E-state index contributed by atoms with van der Waals surface area (Å²) < 4.78 is 6.93. The van der Waals surface area contributed by atoms with E-state index in [0.717, 1.165) is 5.69 Å². The third-order valence-corrected chi connectivity index (χ3v) is 3.50. The number of hydrogen-bond acceptors (Lipinski definition) is 4. The SMILES string of the molecule is Cc1c(C(=O)N2CCO[C@@H](C(=O)O)C2)cnn1C(C)(C)C. The van der Waals surface area contributed by atoms with E-state index in [9.17, 15) is 9.59 Å². The Morgan fingerprint density at radius 2 is 2.10 bits per heavy atom. The maximum Gasteiger partial charge on any atom is 0.334 e. The lowest BCUT2D eigenvalue weighted by molar-refractivity contribution is -0.154. The van der Waals surface area contributed by atoms with Gasteiger partial charge in [0.2, 0.25) is 0 Å². The van der Waals surface area contributed by atoms with E-state index in [1.54, 1.807) is 10.9 Å². The van der Waals surface area contributed by atoms with E-state index in [1.807, 2.05) is 27.7 Å². The van der Waals surface area contributed by atoms with Crippen molar-refractivity contribution in [2.45, 2.75) is 39.3 Å². The number of aliphatic carboxylic acids is 1. The standard InChI is InChI=1S/C14H21N3O4/c1-9-10(7-15-17(9)14(2,3)4)12(18)16-5-6-21-11(8-16)13(19)20/h7,11H,5-6,8H2,1-4H3,(H,19,20)/t11-/m1/s1. The minimum Gasteiger partial charge on any atom is -0.479 e. The van der Waals surface area contributed by atoms with Crippen LogP contribution in [-0.2, 0) is 15.1 Å². The average molecular weight is 295 g/mol. The Bertz CT molecular complexity index is 559. The number of morpholine rings is 1. The van der Waals surface area contributed by atoms with Crippen LogP contribution in [0.4, 0.5) is 0 Å². The number of ether oxygens (including phenoxy) is 1. The van der Waals surface area contributed by atoms with Gasteiger partial charge in [0.15, 0.2) is 6.10 Å². The van der Waals surface area contributed by atoms with Crippen LogP contribution in [0.15, 0.2) is 6.20 Å². The molecule has 2 rings (SSSR count). The van der Waals surface area contributed by atoms with Gasteiger partial charge in [-0.1, -0.05) is 0 Å². The molecule has 0 spiro atoms. The molecule has 7 nitrogen and oxygen atoms in total. The fourth-order valence-electron chi connectivity index (χ4n) is 2.45. The Balaban J connectivity index is 2.21. The van der Waals surface area contributed by atoms with E-state index in [1.165, 1.54) is 4.90 Å². The van der Waals surface area contributed by atoms with Gasteiger partial charge in [0.25, 0.3) is 5.91 Å². The molecular formula is C14H21N3O4. The van der Waals surface area contributed by atoms with Crippen molar-refractivity contribution in [3.05, 3.63) is 17.5 Å². The normalized spacial score (nSPS) is 19.6. The van der Waals surface area contributed by atoms with Gasteiger partial charge in [0, 0.05) is 12.2 Å². The van der Waals surface area contributed by atoms with Gasteiger partial charge in [-0.2, -0.15) is 5.10 Å². The summed E-state index contributed by atoms with van der Waals surface area (Å²) in [5.41, 5.74) is 1.08. The second-order valence-electron chi connectivity index (χ2n) is 6.18. The van der Waals surface area contributed by atoms with Gasteiger partial charge in [0.1, 0.15) is 0 Å². The molecule has 116 valence electrons. The van der Waals surface area contributed by atoms with Crippen molar-refractivity contribution in [2.75, 3.05) is 19.7 Å². The summed E-state index contributed by atoms with van der Waals surface area (Å²) in [4.78, 5) is 25.0. The third-order valence-electron chi connectivity index (χ3n) is 3.50. The van der Waals surface area contributed by atoms with Crippen LogP contribution < -0.4 is 0 Å². The second-order valence-corrected chi connectivity index (χ2v) is 6.18. The number of rotatable bonds is 2. The minimum absolute atomic E-state index is 0.0638. The van der Waals surface area contributed by atoms with Crippen molar-refractivity contribution in [1.82, 2.24) is 14.7 Å². The molecule has 0 bridgehead atoms. The van der Waals surface area contributed by atoms with Gasteiger partial charge in [-0.15, -0.1) is 0 Å². The van der Waals surface area contributed by atoms with Crippen molar-refractivity contribution < 1.29 is 19.4 Å². The number of hydrogen-bond donors (Lipinski definition) is 1. The molecular weight excluding hydrogens is 274 g/mol. The fraction of sp³-hybridized carbons (Fsp3) is 0.643. The van der Waals surface area contributed by atoms with E-state index in [2.05, 4.69) is 5.10 Å². The molecule has 1 fully saturated rings. The van der Waals surface area contributed by atoms with Crippen LogP contribution in [0.5, 0.6) is 0 Å². The Morgan fingerprint density at radius 1 is 1.43 bits per heavy atom.